The van der Waals surface area contributed by atoms with Gasteiger partial charge in [-0.3, -0.25) is 4.79 Å². The maximum Gasteiger partial charge on any atom is 0.257 e. The van der Waals surface area contributed by atoms with E-state index >= 15 is 0 Å². The van der Waals surface area contributed by atoms with Crippen LogP contribution in [0, 0.1) is 0 Å². The molecule has 1 amide bonds. The molecule has 1 N–H and O–H groups in total. The Morgan fingerprint density at radius 1 is 1.29 bits per heavy atom. The number of thioether (sulfide) groups is 1. The van der Waals surface area contributed by atoms with Gasteiger partial charge in [0.15, 0.2) is 5.58 Å². The van der Waals surface area contributed by atoms with E-state index in [1.54, 1.807) is 0 Å². The molecule has 2 heterocycles. The number of benzene rings is 1. The number of carbonyl (C=O) groups excluding carboxylic acids is 1. The van der Waals surface area contributed by atoms with Gasteiger partial charge in [-0.05, 0) is 32.1 Å². The molecule has 1 aromatic carbocycles. The molecule has 0 spiro atoms. The fourth-order valence-electron chi connectivity index (χ4n) is 2.69. The summed E-state index contributed by atoms with van der Waals surface area (Å²) in [7, 11) is 2.16. The standard InChI is InChI=1S/C17H24N4O2S/c1-20-9-11-21(12-10-20)8-4-7-18-16(22)13-24-17-19-14-5-2-3-6-15(14)23-17/h2-3,5-6H,4,7-13H2,1H3,(H,18,22). The topological polar surface area (TPSA) is 61.6 Å². The van der Waals surface area contributed by atoms with Crippen LogP contribution in [-0.2, 0) is 4.79 Å². The summed E-state index contributed by atoms with van der Waals surface area (Å²) in [5.41, 5.74) is 1.58. The Balaban J connectivity index is 1.31. The van der Waals surface area contributed by atoms with Crippen molar-refractivity contribution in [2.45, 2.75) is 11.6 Å². The van der Waals surface area contributed by atoms with Gasteiger partial charge in [0.05, 0.1) is 5.75 Å². The molecule has 2 aromatic rings. The summed E-state index contributed by atoms with van der Waals surface area (Å²) in [6.07, 6.45) is 0.989. The summed E-state index contributed by atoms with van der Waals surface area (Å²) in [5.74, 6) is 0.363. The SMILES string of the molecule is CN1CCN(CCCNC(=O)CSc2nc3ccccc3o2)CC1. The van der Waals surface area contributed by atoms with Crippen LogP contribution in [0.15, 0.2) is 33.9 Å². The first-order valence-corrected chi connectivity index (χ1v) is 9.35. The number of oxazole rings is 1. The van der Waals surface area contributed by atoms with Crippen LogP contribution < -0.4 is 5.32 Å². The Morgan fingerprint density at radius 3 is 2.88 bits per heavy atom. The first-order chi connectivity index (χ1) is 11.7. The smallest absolute Gasteiger partial charge is 0.257 e. The summed E-state index contributed by atoms with van der Waals surface area (Å²) < 4.78 is 5.59. The fraction of sp³-hybridized carbons (Fsp3) is 0.529. The van der Waals surface area contributed by atoms with Gasteiger partial charge in [0.2, 0.25) is 5.91 Å². The molecule has 0 atom stereocenters. The molecule has 1 aliphatic rings. The van der Waals surface area contributed by atoms with Crippen molar-refractivity contribution in [1.29, 1.82) is 0 Å². The van der Waals surface area contributed by atoms with Gasteiger partial charge in [-0.1, -0.05) is 23.9 Å². The second kappa shape index (κ2) is 8.50. The second-order valence-electron chi connectivity index (χ2n) is 6.08. The summed E-state index contributed by atoms with van der Waals surface area (Å²) in [6, 6.07) is 7.62. The highest BCUT2D eigenvalue weighted by molar-refractivity contribution is 7.99. The van der Waals surface area contributed by atoms with E-state index in [0.29, 0.717) is 11.0 Å². The molecule has 1 fully saturated rings. The molecule has 1 saturated heterocycles. The zero-order valence-electron chi connectivity index (χ0n) is 14.0. The third kappa shape index (κ3) is 4.96. The van der Waals surface area contributed by atoms with Gasteiger partial charge in [0.1, 0.15) is 5.52 Å². The van der Waals surface area contributed by atoms with Crippen LogP contribution in [0.5, 0.6) is 0 Å². The van der Waals surface area contributed by atoms with Crippen molar-refractivity contribution < 1.29 is 9.21 Å². The van der Waals surface area contributed by atoms with Gasteiger partial charge in [-0.15, -0.1) is 0 Å². The Hall–Kier alpha value is -1.57. The number of likely N-dealkylation sites (N-methyl/N-ethyl adjacent to an activating group) is 1. The van der Waals surface area contributed by atoms with Gasteiger partial charge in [-0.25, -0.2) is 4.98 Å². The zero-order valence-corrected chi connectivity index (χ0v) is 14.8. The number of rotatable bonds is 7. The maximum absolute atomic E-state index is 11.9. The molecule has 6 nitrogen and oxygen atoms in total. The monoisotopic (exact) mass is 348 g/mol. The van der Waals surface area contributed by atoms with Gasteiger partial charge < -0.3 is 19.5 Å². The lowest BCUT2D eigenvalue weighted by atomic mass is 10.3. The number of amides is 1. The maximum atomic E-state index is 11.9. The minimum absolute atomic E-state index is 0.0284. The van der Waals surface area contributed by atoms with Crippen LogP contribution in [0.3, 0.4) is 0 Å². The molecule has 0 saturated carbocycles. The summed E-state index contributed by atoms with van der Waals surface area (Å²) in [5, 5.41) is 3.51. The van der Waals surface area contributed by atoms with Crippen molar-refractivity contribution in [2.75, 3.05) is 52.1 Å². The van der Waals surface area contributed by atoms with Crippen molar-refractivity contribution >= 4 is 28.8 Å². The Kier molecular flexibility index (Phi) is 6.12. The minimum Gasteiger partial charge on any atom is -0.431 e. The number of nitrogens with zero attached hydrogens (tertiary/aromatic N) is 3. The van der Waals surface area contributed by atoms with E-state index in [-0.39, 0.29) is 5.91 Å². The molecule has 0 unspecified atom stereocenters. The van der Waals surface area contributed by atoms with E-state index in [1.165, 1.54) is 11.8 Å². The largest absolute Gasteiger partial charge is 0.431 e. The van der Waals surface area contributed by atoms with Gasteiger partial charge in [0, 0.05) is 32.7 Å². The lowest BCUT2D eigenvalue weighted by Gasteiger charge is -2.32. The van der Waals surface area contributed by atoms with E-state index in [2.05, 4.69) is 27.1 Å². The first kappa shape index (κ1) is 17.3. The van der Waals surface area contributed by atoms with E-state index in [9.17, 15) is 4.79 Å². The van der Waals surface area contributed by atoms with E-state index < -0.39 is 0 Å². The summed E-state index contributed by atoms with van der Waals surface area (Å²) in [6.45, 7) is 6.28. The highest BCUT2D eigenvalue weighted by Gasteiger charge is 2.13. The zero-order chi connectivity index (χ0) is 16.8. The van der Waals surface area contributed by atoms with E-state index in [1.807, 2.05) is 24.3 Å². The number of carbonyl (C=O) groups is 1. The molecule has 1 aromatic heterocycles. The van der Waals surface area contributed by atoms with Gasteiger partial charge >= 0.3 is 0 Å². The van der Waals surface area contributed by atoms with E-state index in [0.717, 1.165) is 56.8 Å². The number of piperazine rings is 1. The van der Waals surface area contributed by atoms with Crippen LogP contribution in [0.1, 0.15) is 6.42 Å². The van der Waals surface area contributed by atoms with Crippen LogP contribution >= 0.6 is 11.8 Å². The number of nitrogens with one attached hydrogen (secondary N) is 1. The lowest BCUT2D eigenvalue weighted by molar-refractivity contribution is -0.118. The lowest BCUT2D eigenvalue weighted by Crippen LogP contribution is -2.45. The molecular weight excluding hydrogens is 324 g/mol. The predicted molar refractivity (Wildman–Crippen MR) is 96.3 cm³/mol. The van der Waals surface area contributed by atoms with Crippen molar-refractivity contribution in [2.24, 2.45) is 0 Å². The van der Waals surface area contributed by atoms with Crippen molar-refractivity contribution in [3.8, 4) is 0 Å². The van der Waals surface area contributed by atoms with Crippen LogP contribution in [0.4, 0.5) is 0 Å². The average molecular weight is 348 g/mol. The number of hydrogen-bond donors (Lipinski definition) is 1. The molecule has 7 heteroatoms. The molecule has 0 aliphatic carbocycles. The first-order valence-electron chi connectivity index (χ1n) is 8.37. The highest BCUT2D eigenvalue weighted by Crippen LogP contribution is 2.22. The van der Waals surface area contributed by atoms with Crippen LogP contribution in [0.2, 0.25) is 0 Å². The molecule has 130 valence electrons. The number of aromatic nitrogens is 1. The van der Waals surface area contributed by atoms with Crippen LogP contribution in [-0.4, -0.2) is 72.8 Å². The minimum atomic E-state index is 0.0284. The van der Waals surface area contributed by atoms with Gasteiger partial charge in [0.25, 0.3) is 5.22 Å². The Morgan fingerprint density at radius 2 is 2.08 bits per heavy atom. The van der Waals surface area contributed by atoms with E-state index in [4.69, 9.17) is 4.42 Å². The van der Waals surface area contributed by atoms with Crippen molar-refractivity contribution in [3.05, 3.63) is 24.3 Å². The Labute approximate surface area is 146 Å². The van der Waals surface area contributed by atoms with Crippen molar-refractivity contribution in [1.82, 2.24) is 20.1 Å². The second-order valence-corrected chi connectivity index (χ2v) is 7.01. The molecule has 0 radical (unpaired) electrons. The average Bonchev–Trinajstić information content (AvgIpc) is 3.01. The third-order valence-electron chi connectivity index (χ3n) is 4.17. The van der Waals surface area contributed by atoms with Crippen LogP contribution in [0.25, 0.3) is 11.1 Å². The number of hydrogen-bond acceptors (Lipinski definition) is 6. The third-order valence-corrected chi connectivity index (χ3v) is 5.00. The normalized spacial score (nSPS) is 16.5. The van der Waals surface area contributed by atoms with Gasteiger partial charge in [-0.2, -0.15) is 0 Å². The summed E-state index contributed by atoms with van der Waals surface area (Å²) in [4.78, 5) is 21.1. The molecular formula is C17H24N4O2S. The van der Waals surface area contributed by atoms with Crippen molar-refractivity contribution in [3.63, 3.8) is 0 Å². The quantitative estimate of drug-likeness (QED) is 0.607. The molecule has 24 heavy (non-hydrogen) atoms. The fourth-order valence-corrected chi connectivity index (χ4v) is 3.36. The number of para-hydroxylation sites is 2. The Bertz CT molecular complexity index is 634. The predicted octanol–water partition coefficient (Wildman–Crippen LogP) is 1.67. The highest BCUT2D eigenvalue weighted by atomic mass is 32.2. The molecule has 3 rings (SSSR count). The molecule has 1 aliphatic heterocycles. The summed E-state index contributed by atoms with van der Waals surface area (Å²) >= 11 is 1.33. The molecule has 0 bridgehead atoms. The number of fused-ring (bicyclic) bond motifs is 1.